The standard InChI is InChI=1S/C30H39N3O5S.C29H36N2O4.C26H32N2O3S.CH5NO2S/c1-30(2,3)38-29(35)33(27-20-26(27)24-8-6-5-7-9-24)25-16-18-32(19-17-25)21-23-12-10-22(11-13-23)14-15-28(34)31-39(4,36)37;1-29(2,3)35-28(34)31(26-19-25(26)23-7-5-4-6-8-23)24-15-17-30(18-16-24)20-22-11-9-21(10-12-22)13-14-27(32)33;1-32(30,31)27-26(29)12-11-20-7-9-22(10-8-20)19-28-15-13-21(14-16-28)17-24-18-25(24)23-5-3-2-4-6-23;1-5(2,3)4/h5-15,25-27H,16-21H2,1-4H3,(H,31,34);4-14,24-26H,15-20H2,1-3H3,(H,32,33);2-12,21,24-25H,13-19H2,1H3,(H,27,29);1H3,(H2,2,3,4)/b15-14+;14-13+;12-11+;/t26-,27+;25-,26+;24-,25+;/m001./s1. The Morgan fingerprint density at radius 3 is 1.05 bits per heavy atom. The fourth-order valence-electron chi connectivity index (χ4n) is 14.9. The van der Waals surface area contributed by atoms with Crippen molar-refractivity contribution in [2.75, 3.05) is 58.0 Å². The van der Waals surface area contributed by atoms with Crippen LogP contribution in [0, 0.1) is 11.8 Å². The molecule has 598 valence electrons. The summed E-state index contributed by atoms with van der Waals surface area (Å²) in [6.07, 6.45) is 21.8. The van der Waals surface area contributed by atoms with Crippen molar-refractivity contribution in [1.29, 1.82) is 0 Å². The van der Waals surface area contributed by atoms with Crippen LogP contribution in [-0.4, -0.2) is 178 Å². The average Bonchev–Trinajstić information content (AvgIpc) is 1.62. The van der Waals surface area contributed by atoms with Crippen molar-refractivity contribution in [2.24, 2.45) is 17.0 Å². The summed E-state index contributed by atoms with van der Waals surface area (Å²) in [5.74, 6) is 1.02. The SMILES string of the molecule is CC(C)(C)OC(=O)N(C1CCN(Cc2ccc(/C=C/C(=O)NS(C)(=O)=O)cc2)CC1)[C@@H]1C[C@H]1c1ccccc1.CC(C)(C)OC(=O)N(C1CCN(Cc2ccc(/C=C/C(=O)O)cc2)CC1)[C@@H]1C[C@H]1c1ccccc1.CS(=O)(=O)NC(=O)/C=C/c1ccc(CN2CCC(C[C@@H]3C[C@H]3c3ccccc3)CC2)cc1.CS(N)(=O)=O. The number of carbonyl (C=O) groups excluding carboxylic acids is 4. The van der Waals surface area contributed by atoms with E-state index in [0.29, 0.717) is 11.8 Å². The molecule has 3 aliphatic carbocycles. The molecule has 3 saturated heterocycles. The molecule has 6 atom stereocenters. The first kappa shape index (κ1) is 86.2. The number of rotatable bonds is 23. The van der Waals surface area contributed by atoms with E-state index in [2.05, 4.69) is 123 Å². The van der Waals surface area contributed by atoms with E-state index in [-0.39, 0.29) is 36.4 Å². The Morgan fingerprint density at radius 2 is 0.748 bits per heavy atom. The van der Waals surface area contributed by atoms with Crippen LogP contribution < -0.4 is 14.6 Å². The lowest BCUT2D eigenvalue weighted by atomic mass is 9.90. The Hall–Kier alpha value is -8.82. The minimum absolute atomic E-state index is 0.153. The maximum absolute atomic E-state index is 13.3. The second kappa shape index (κ2) is 39.1. The molecule has 3 heterocycles. The third-order valence-electron chi connectivity index (χ3n) is 20.3. The lowest BCUT2D eigenvalue weighted by Crippen LogP contribution is -2.50. The molecular weight excluding hydrogens is 1470 g/mol. The van der Waals surface area contributed by atoms with Gasteiger partial charge in [-0.1, -0.05) is 164 Å². The molecule has 3 aliphatic heterocycles. The second-order valence-corrected chi connectivity index (χ2v) is 37.4. The number of hydrogen-bond donors (Lipinski definition) is 4. The predicted octanol–water partition coefficient (Wildman–Crippen LogP) is 13.2. The summed E-state index contributed by atoms with van der Waals surface area (Å²) >= 11 is 0. The van der Waals surface area contributed by atoms with Crippen LogP contribution in [0.4, 0.5) is 9.59 Å². The highest BCUT2D eigenvalue weighted by Gasteiger charge is 2.50. The first-order valence-electron chi connectivity index (χ1n) is 38.3. The monoisotopic (exact) mass is 1580 g/mol. The number of nitrogens with one attached hydrogen (secondary N) is 2. The van der Waals surface area contributed by atoms with Gasteiger partial charge in [-0.25, -0.2) is 54.2 Å². The molecule has 4 amide bonds. The summed E-state index contributed by atoms with van der Waals surface area (Å²) in [5, 5.41) is 13.1. The molecule has 6 fully saturated rings. The minimum atomic E-state index is -3.58. The zero-order valence-corrected chi connectivity index (χ0v) is 67.9. The Kier molecular flexibility index (Phi) is 30.3. The van der Waals surface area contributed by atoms with Gasteiger partial charge in [-0.2, -0.15) is 0 Å². The topological polar surface area (TPSA) is 293 Å². The number of carbonyl (C=O) groups is 5. The van der Waals surface area contributed by atoms with Crippen molar-refractivity contribution < 1.29 is 63.8 Å². The summed E-state index contributed by atoms with van der Waals surface area (Å²) in [4.78, 5) is 71.9. The molecule has 6 aromatic carbocycles. The first-order chi connectivity index (χ1) is 52.4. The van der Waals surface area contributed by atoms with Crippen LogP contribution in [0.15, 0.2) is 182 Å². The van der Waals surface area contributed by atoms with Gasteiger partial charge in [-0.3, -0.25) is 24.3 Å². The number of piperidine rings is 3. The molecule has 12 rings (SSSR count). The number of nitrogens with zero attached hydrogens (tertiary/aromatic N) is 5. The number of ether oxygens (including phenoxy) is 2. The van der Waals surface area contributed by atoms with E-state index in [0.717, 1.165) is 162 Å². The van der Waals surface area contributed by atoms with Gasteiger partial charge in [-0.15, -0.1) is 0 Å². The number of benzene rings is 6. The molecular formula is C86H112N8O14S3. The molecule has 6 aromatic rings. The third kappa shape index (κ3) is 30.7. The van der Waals surface area contributed by atoms with E-state index in [1.807, 2.05) is 121 Å². The Labute approximate surface area is 657 Å². The van der Waals surface area contributed by atoms with Crippen LogP contribution in [-0.2, 0) is 73.6 Å². The zero-order chi connectivity index (χ0) is 80.3. The molecule has 0 bridgehead atoms. The van der Waals surface area contributed by atoms with Gasteiger partial charge in [0.05, 0.1) is 18.8 Å². The molecule has 25 heteroatoms. The van der Waals surface area contributed by atoms with Gasteiger partial charge in [0.1, 0.15) is 11.2 Å². The number of carboxylic acids is 1. The lowest BCUT2D eigenvalue weighted by Gasteiger charge is -2.39. The number of carboxylic acid groups (broad SMARTS) is 1. The summed E-state index contributed by atoms with van der Waals surface area (Å²) in [6, 6.07) is 56.5. The third-order valence-corrected chi connectivity index (χ3v) is 21.4. The molecule has 111 heavy (non-hydrogen) atoms. The van der Waals surface area contributed by atoms with Gasteiger partial charge in [0.15, 0.2) is 0 Å². The number of amides is 4. The highest BCUT2D eigenvalue weighted by atomic mass is 32.2. The molecule has 0 radical (unpaired) electrons. The molecule has 0 unspecified atom stereocenters. The average molecular weight is 1580 g/mol. The quantitative estimate of drug-likeness (QED) is 0.0433. The van der Waals surface area contributed by atoms with E-state index in [1.54, 1.807) is 18.2 Å². The maximum Gasteiger partial charge on any atom is 0.410 e. The normalized spacial score (nSPS) is 20.8. The predicted molar refractivity (Wildman–Crippen MR) is 437 cm³/mol. The molecule has 22 nitrogen and oxygen atoms in total. The molecule has 3 saturated carbocycles. The summed E-state index contributed by atoms with van der Waals surface area (Å²) < 4.78 is 78.8. The molecule has 5 N–H and O–H groups in total. The molecule has 0 spiro atoms. The van der Waals surface area contributed by atoms with Crippen LogP contribution in [0.25, 0.3) is 18.2 Å². The van der Waals surface area contributed by atoms with Gasteiger partial charge in [-0.05, 0) is 205 Å². The van der Waals surface area contributed by atoms with Crippen LogP contribution in [0.3, 0.4) is 0 Å². The number of aliphatic carboxylic acids is 1. The van der Waals surface area contributed by atoms with E-state index >= 15 is 0 Å². The van der Waals surface area contributed by atoms with Crippen LogP contribution in [0.5, 0.6) is 0 Å². The number of nitrogens with two attached hydrogens (primary N) is 1. The van der Waals surface area contributed by atoms with Gasteiger partial charge in [0.25, 0.3) is 11.8 Å². The number of hydrogen-bond acceptors (Lipinski definition) is 16. The Morgan fingerprint density at radius 1 is 0.450 bits per heavy atom. The van der Waals surface area contributed by atoms with Crippen molar-refractivity contribution in [3.8, 4) is 0 Å². The van der Waals surface area contributed by atoms with Crippen LogP contribution >= 0.6 is 0 Å². The van der Waals surface area contributed by atoms with Crippen molar-refractivity contribution in [1.82, 2.24) is 33.9 Å². The maximum atomic E-state index is 13.3. The van der Waals surface area contributed by atoms with Gasteiger partial charge in [0, 0.05) is 100 Å². The largest absolute Gasteiger partial charge is 0.478 e. The summed E-state index contributed by atoms with van der Waals surface area (Å²) in [7, 11) is -10.3. The summed E-state index contributed by atoms with van der Waals surface area (Å²) in [6.45, 7) is 20.0. The summed E-state index contributed by atoms with van der Waals surface area (Å²) in [5.41, 5.74) is 9.21. The van der Waals surface area contributed by atoms with Crippen molar-refractivity contribution >= 4 is 78.3 Å². The van der Waals surface area contributed by atoms with E-state index in [1.165, 1.54) is 65.7 Å². The zero-order valence-electron chi connectivity index (χ0n) is 65.5. The number of likely N-dealkylation sites (tertiary alicyclic amines) is 3. The van der Waals surface area contributed by atoms with Crippen molar-refractivity contribution in [3.63, 3.8) is 0 Å². The van der Waals surface area contributed by atoms with Crippen LogP contribution in [0.1, 0.15) is 174 Å². The van der Waals surface area contributed by atoms with Crippen molar-refractivity contribution in [2.45, 2.75) is 179 Å². The fourth-order valence-corrected chi connectivity index (χ4v) is 15.8. The van der Waals surface area contributed by atoms with E-state index < -0.39 is 59.1 Å². The van der Waals surface area contributed by atoms with Gasteiger partial charge < -0.3 is 24.4 Å². The van der Waals surface area contributed by atoms with E-state index in [4.69, 9.17) is 14.6 Å². The number of primary sulfonamides is 1. The van der Waals surface area contributed by atoms with Crippen LogP contribution in [0.2, 0.25) is 0 Å². The Balaban J connectivity index is 0.000000186. The fraction of sp³-hybridized carbons (Fsp3) is 0.453. The highest BCUT2D eigenvalue weighted by molar-refractivity contribution is 7.89. The molecule has 0 aromatic heterocycles. The van der Waals surface area contributed by atoms with E-state index in [9.17, 15) is 49.2 Å². The highest BCUT2D eigenvalue weighted by Crippen LogP contribution is 2.52. The first-order valence-corrected chi connectivity index (χ1v) is 44.1. The van der Waals surface area contributed by atoms with Crippen molar-refractivity contribution in [3.05, 3.63) is 232 Å². The number of sulfonamides is 3. The van der Waals surface area contributed by atoms with Gasteiger partial charge >= 0.3 is 18.2 Å². The molecule has 6 aliphatic rings. The Bertz CT molecular complexity index is 4490. The smallest absolute Gasteiger partial charge is 0.410 e. The second-order valence-electron chi connectivity index (χ2n) is 32.3. The lowest BCUT2D eigenvalue weighted by molar-refractivity contribution is -0.131. The van der Waals surface area contributed by atoms with Gasteiger partial charge in [0.2, 0.25) is 30.1 Å². The minimum Gasteiger partial charge on any atom is -0.478 e.